The van der Waals surface area contributed by atoms with Crippen molar-refractivity contribution in [1.82, 2.24) is 4.90 Å². The lowest BCUT2D eigenvalue weighted by molar-refractivity contribution is 0.0769. The molecule has 0 N–H and O–H groups in total. The summed E-state index contributed by atoms with van der Waals surface area (Å²) in [5.74, 6) is 0.721. The highest BCUT2D eigenvalue weighted by Gasteiger charge is 2.15. The van der Waals surface area contributed by atoms with E-state index in [9.17, 15) is 4.79 Å². The summed E-state index contributed by atoms with van der Waals surface area (Å²) in [5.41, 5.74) is 0.618. The quantitative estimate of drug-likeness (QED) is 0.818. The molecular formula is C12H17NO2S. The Bertz CT molecular complexity index is 375. The van der Waals surface area contributed by atoms with Gasteiger partial charge in [-0.3, -0.25) is 4.79 Å². The van der Waals surface area contributed by atoms with Crippen LogP contribution >= 0.6 is 12.6 Å². The normalized spacial score (nSPS) is 10.0. The van der Waals surface area contributed by atoms with Gasteiger partial charge in [0.25, 0.3) is 5.91 Å². The Morgan fingerprint density at radius 3 is 2.44 bits per heavy atom. The van der Waals surface area contributed by atoms with Crippen molar-refractivity contribution >= 4 is 18.5 Å². The van der Waals surface area contributed by atoms with Gasteiger partial charge in [0.2, 0.25) is 0 Å². The van der Waals surface area contributed by atoms with E-state index < -0.39 is 0 Å². The van der Waals surface area contributed by atoms with Gasteiger partial charge in [0.1, 0.15) is 5.75 Å². The molecule has 0 radical (unpaired) electrons. The zero-order valence-corrected chi connectivity index (χ0v) is 10.8. The molecule has 0 fully saturated rings. The molecule has 0 unspecified atom stereocenters. The van der Waals surface area contributed by atoms with E-state index in [4.69, 9.17) is 4.74 Å². The van der Waals surface area contributed by atoms with E-state index in [-0.39, 0.29) is 5.91 Å². The van der Waals surface area contributed by atoms with Gasteiger partial charge >= 0.3 is 0 Å². The van der Waals surface area contributed by atoms with Gasteiger partial charge in [0, 0.05) is 18.0 Å². The number of thiol groups is 1. The Balaban J connectivity index is 3.00. The van der Waals surface area contributed by atoms with Crippen molar-refractivity contribution in [2.45, 2.75) is 18.7 Å². The molecule has 0 aromatic heterocycles. The molecule has 0 heterocycles. The van der Waals surface area contributed by atoms with Gasteiger partial charge < -0.3 is 9.64 Å². The van der Waals surface area contributed by atoms with Gasteiger partial charge in [-0.25, -0.2) is 0 Å². The van der Waals surface area contributed by atoms with Crippen LogP contribution in [0.2, 0.25) is 0 Å². The second kappa shape index (κ2) is 5.80. The molecule has 0 atom stereocenters. The first-order valence-corrected chi connectivity index (χ1v) is 5.75. The molecule has 1 aromatic rings. The molecule has 0 aliphatic rings. The fourth-order valence-corrected chi connectivity index (χ4v) is 1.80. The largest absolute Gasteiger partial charge is 0.497 e. The lowest BCUT2D eigenvalue weighted by Crippen LogP contribution is -2.30. The number of carbonyl (C=O) groups is 1. The number of carbonyl (C=O) groups excluding carboxylic acids is 1. The van der Waals surface area contributed by atoms with Crippen molar-refractivity contribution in [3.8, 4) is 5.75 Å². The van der Waals surface area contributed by atoms with Crippen molar-refractivity contribution < 1.29 is 9.53 Å². The third-order valence-corrected chi connectivity index (χ3v) is 2.86. The summed E-state index contributed by atoms with van der Waals surface area (Å²) in [4.78, 5) is 14.5. The van der Waals surface area contributed by atoms with E-state index in [0.29, 0.717) is 29.3 Å². The number of hydrogen-bond donors (Lipinski definition) is 1. The minimum atomic E-state index is 0.0117. The van der Waals surface area contributed by atoms with Crippen LogP contribution in [0.4, 0.5) is 0 Å². The average Bonchev–Trinajstić information content (AvgIpc) is 2.30. The van der Waals surface area contributed by atoms with E-state index in [1.807, 2.05) is 13.8 Å². The molecule has 0 spiro atoms. The highest BCUT2D eigenvalue weighted by Crippen LogP contribution is 2.22. The minimum absolute atomic E-state index is 0.0117. The van der Waals surface area contributed by atoms with Gasteiger partial charge in [-0.15, -0.1) is 12.6 Å². The van der Waals surface area contributed by atoms with Crippen LogP contribution in [0.15, 0.2) is 23.1 Å². The maximum Gasteiger partial charge on any atom is 0.254 e. The van der Waals surface area contributed by atoms with E-state index in [1.165, 1.54) is 0 Å². The first-order valence-electron chi connectivity index (χ1n) is 5.30. The molecule has 16 heavy (non-hydrogen) atoms. The molecule has 0 aliphatic carbocycles. The van der Waals surface area contributed by atoms with Gasteiger partial charge in [0.05, 0.1) is 12.7 Å². The summed E-state index contributed by atoms with van der Waals surface area (Å²) in [5, 5.41) is 0. The van der Waals surface area contributed by atoms with Crippen molar-refractivity contribution in [3.05, 3.63) is 23.8 Å². The van der Waals surface area contributed by atoms with Crippen LogP contribution in [-0.4, -0.2) is 31.0 Å². The monoisotopic (exact) mass is 239 g/mol. The average molecular weight is 239 g/mol. The standard InChI is InChI=1S/C12H17NO2S/c1-4-13(5-2)12(14)10-7-6-9(15-3)8-11(10)16/h6-8,16H,4-5H2,1-3H3. The van der Waals surface area contributed by atoms with Crippen molar-refractivity contribution in [1.29, 1.82) is 0 Å². The fourth-order valence-electron chi connectivity index (χ4n) is 1.50. The molecule has 1 aromatic carbocycles. The lowest BCUT2D eigenvalue weighted by atomic mass is 10.2. The van der Waals surface area contributed by atoms with E-state index in [0.717, 1.165) is 0 Å². The zero-order chi connectivity index (χ0) is 12.1. The Morgan fingerprint density at radius 1 is 1.38 bits per heavy atom. The van der Waals surface area contributed by atoms with Crippen molar-refractivity contribution in [2.24, 2.45) is 0 Å². The van der Waals surface area contributed by atoms with Crippen LogP contribution in [0, 0.1) is 0 Å². The summed E-state index contributed by atoms with van der Waals surface area (Å²) in [6.45, 7) is 5.33. The SMILES string of the molecule is CCN(CC)C(=O)c1ccc(OC)cc1S. The summed E-state index contributed by atoms with van der Waals surface area (Å²) >= 11 is 4.31. The highest BCUT2D eigenvalue weighted by molar-refractivity contribution is 7.80. The highest BCUT2D eigenvalue weighted by atomic mass is 32.1. The van der Waals surface area contributed by atoms with Crippen LogP contribution < -0.4 is 4.74 Å². The van der Waals surface area contributed by atoms with Crippen LogP contribution in [0.25, 0.3) is 0 Å². The molecule has 4 heteroatoms. The van der Waals surface area contributed by atoms with Crippen LogP contribution in [0.1, 0.15) is 24.2 Å². The van der Waals surface area contributed by atoms with Crippen LogP contribution in [0.5, 0.6) is 5.75 Å². The predicted octanol–water partition coefficient (Wildman–Crippen LogP) is 2.47. The van der Waals surface area contributed by atoms with E-state index in [2.05, 4.69) is 12.6 Å². The third kappa shape index (κ3) is 2.70. The van der Waals surface area contributed by atoms with Gasteiger partial charge in [0.15, 0.2) is 0 Å². The van der Waals surface area contributed by atoms with E-state index in [1.54, 1.807) is 30.2 Å². The smallest absolute Gasteiger partial charge is 0.254 e. The summed E-state index contributed by atoms with van der Waals surface area (Å²) < 4.78 is 5.07. The topological polar surface area (TPSA) is 29.5 Å². The van der Waals surface area contributed by atoms with Crippen molar-refractivity contribution in [2.75, 3.05) is 20.2 Å². The molecule has 0 bridgehead atoms. The predicted molar refractivity (Wildman–Crippen MR) is 67.5 cm³/mol. The maximum absolute atomic E-state index is 12.1. The molecule has 88 valence electrons. The Morgan fingerprint density at radius 2 is 2.00 bits per heavy atom. The number of nitrogens with zero attached hydrogens (tertiary/aromatic N) is 1. The molecule has 1 rings (SSSR count). The van der Waals surface area contributed by atoms with Gasteiger partial charge in [-0.05, 0) is 32.0 Å². The first-order chi connectivity index (χ1) is 7.63. The lowest BCUT2D eigenvalue weighted by Gasteiger charge is -2.19. The summed E-state index contributed by atoms with van der Waals surface area (Å²) in [6.07, 6.45) is 0. The number of hydrogen-bond acceptors (Lipinski definition) is 3. The Labute approximate surface area is 102 Å². The van der Waals surface area contributed by atoms with Gasteiger partial charge in [-0.1, -0.05) is 0 Å². The Kier molecular flexibility index (Phi) is 4.68. The van der Waals surface area contributed by atoms with E-state index >= 15 is 0 Å². The Hall–Kier alpha value is -1.16. The summed E-state index contributed by atoms with van der Waals surface area (Å²) in [7, 11) is 1.59. The molecule has 3 nitrogen and oxygen atoms in total. The summed E-state index contributed by atoms with van der Waals surface area (Å²) in [6, 6.07) is 5.28. The van der Waals surface area contributed by atoms with Crippen LogP contribution in [0.3, 0.4) is 0 Å². The number of amides is 1. The molecule has 0 saturated carbocycles. The van der Waals surface area contributed by atoms with Crippen molar-refractivity contribution in [3.63, 3.8) is 0 Å². The minimum Gasteiger partial charge on any atom is -0.497 e. The van der Waals surface area contributed by atoms with Crippen LogP contribution in [-0.2, 0) is 0 Å². The second-order valence-electron chi connectivity index (χ2n) is 3.36. The number of benzene rings is 1. The second-order valence-corrected chi connectivity index (χ2v) is 3.84. The maximum atomic E-state index is 12.1. The van der Waals surface area contributed by atoms with Gasteiger partial charge in [-0.2, -0.15) is 0 Å². The fraction of sp³-hybridized carbons (Fsp3) is 0.417. The first kappa shape index (κ1) is 12.9. The third-order valence-electron chi connectivity index (χ3n) is 2.49. The number of methoxy groups -OCH3 is 1. The molecule has 0 saturated heterocycles. The molecule has 1 amide bonds. The number of ether oxygens (including phenoxy) is 1. The number of rotatable bonds is 4. The molecule has 0 aliphatic heterocycles. The zero-order valence-electron chi connectivity index (χ0n) is 9.86. The molecular weight excluding hydrogens is 222 g/mol.